The van der Waals surface area contributed by atoms with Gasteiger partial charge in [0.1, 0.15) is 28.8 Å². The number of benzene rings is 2. The Morgan fingerprint density at radius 1 is 1.11 bits per heavy atom. The van der Waals surface area contributed by atoms with Gasteiger partial charge in [-0.3, -0.25) is 0 Å². The number of halogens is 1. The van der Waals surface area contributed by atoms with Gasteiger partial charge in [-0.15, -0.1) is 0 Å². The second-order valence-corrected chi connectivity index (χ2v) is 6.51. The first-order valence-corrected chi connectivity index (χ1v) is 9.06. The molecule has 146 valence electrons. The molecule has 6 nitrogen and oxygen atoms in total. The number of rotatable bonds is 7. The quantitative estimate of drug-likeness (QED) is 0.554. The highest BCUT2D eigenvalue weighted by Gasteiger charge is 2.22. The van der Waals surface area contributed by atoms with E-state index in [1.807, 2.05) is 30.3 Å². The van der Waals surface area contributed by atoms with Crippen LogP contribution in [0.3, 0.4) is 0 Å². The number of ether oxygens (including phenoxy) is 3. The number of nitrogens with zero attached hydrogens (tertiary/aromatic N) is 2. The molecular formula is C21H21ClN2O4. The Hall–Kier alpha value is -2.99. The van der Waals surface area contributed by atoms with Gasteiger partial charge >= 0.3 is 5.97 Å². The van der Waals surface area contributed by atoms with Crippen LogP contribution in [0.15, 0.2) is 48.5 Å². The Morgan fingerprint density at radius 3 is 2.54 bits per heavy atom. The minimum atomic E-state index is -0.535. The van der Waals surface area contributed by atoms with E-state index in [2.05, 4.69) is 5.10 Å². The van der Waals surface area contributed by atoms with Gasteiger partial charge in [-0.25, -0.2) is 9.48 Å². The fraction of sp³-hybridized carbons (Fsp3) is 0.238. The largest absolute Gasteiger partial charge is 0.497 e. The first-order valence-electron chi connectivity index (χ1n) is 8.68. The molecule has 3 rings (SSSR count). The number of methoxy groups -OCH3 is 2. The number of hydrogen-bond donors (Lipinski definition) is 0. The summed E-state index contributed by atoms with van der Waals surface area (Å²) in [5.74, 6) is 0.722. The Labute approximate surface area is 168 Å². The van der Waals surface area contributed by atoms with Crippen LogP contribution in [0.25, 0.3) is 0 Å². The van der Waals surface area contributed by atoms with Crippen LogP contribution in [0.5, 0.6) is 11.5 Å². The summed E-state index contributed by atoms with van der Waals surface area (Å²) >= 11 is 6.42. The van der Waals surface area contributed by atoms with Crippen LogP contribution >= 0.6 is 11.6 Å². The van der Waals surface area contributed by atoms with Crippen LogP contribution in [0.1, 0.15) is 27.2 Å². The monoisotopic (exact) mass is 400 g/mol. The Kier molecular flexibility index (Phi) is 6.21. The van der Waals surface area contributed by atoms with Crippen molar-refractivity contribution in [1.29, 1.82) is 0 Å². The van der Waals surface area contributed by atoms with Crippen molar-refractivity contribution in [2.75, 3.05) is 14.2 Å². The summed E-state index contributed by atoms with van der Waals surface area (Å²) in [6.07, 6.45) is 0. The molecule has 0 amide bonds. The van der Waals surface area contributed by atoms with Crippen LogP contribution in [0.4, 0.5) is 0 Å². The highest BCUT2D eigenvalue weighted by Crippen LogP contribution is 2.26. The number of aromatic nitrogens is 2. The van der Waals surface area contributed by atoms with Crippen LogP contribution in [0, 0.1) is 6.92 Å². The van der Waals surface area contributed by atoms with Crippen molar-refractivity contribution in [3.63, 3.8) is 0 Å². The summed E-state index contributed by atoms with van der Waals surface area (Å²) in [5, 5.41) is 4.64. The normalized spacial score (nSPS) is 10.6. The van der Waals surface area contributed by atoms with E-state index in [1.54, 1.807) is 44.0 Å². The van der Waals surface area contributed by atoms with Gasteiger partial charge < -0.3 is 14.2 Å². The zero-order chi connectivity index (χ0) is 20.1. The Bertz CT molecular complexity index is 970. The molecule has 7 heteroatoms. The first kappa shape index (κ1) is 19.8. The molecule has 0 saturated heterocycles. The summed E-state index contributed by atoms with van der Waals surface area (Å²) in [6.45, 7) is 2.23. The molecule has 1 aromatic heterocycles. The average Bonchev–Trinajstić information content (AvgIpc) is 2.99. The Balaban J connectivity index is 1.76. The average molecular weight is 401 g/mol. The third-order valence-electron chi connectivity index (χ3n) is 4.29. The van der Waals surface area contributed by atoms with Crippen molar-refractivity contribution in [1.82, 2.24) is 9.78 Å². The minimum Gasteiger partial charge on any atom is -0.497 e. The van der Waals surface area contributed by atoms with Crippen molar-refractivity contribution in [2.45, 2.75) is 20.1 Å². The second kappa shape index (κ2) is 8.80. The smallest absolute Gasteiger partial charge is 0.343 e. The minimum absolute atomic E-state index is 0.0266. The highest BCUT2D eigenvalue weighted by molar-refractivity contribution is 6.32. The van der Waals surface area contributed by atoms with Crippen LogP contribution < -0.4 is 9.47 Å². The zero-order valence-electron chi connectivity index (χ0n) is 15.9. The van der Waals surface area contributed by atoms with Crippen molar-refractivity contribution in [3.8, 4) is 11.5 Å². The lowest BCUT2D eigenvalue weighted by Gasteiger charge is -2.11. The van der Waals surface area contributed by atoms with Gasteiger partial charge in [-0.1, -0.05) is 41.9 Å². The number of aryl methyl sites for hydroxylation is 1. The van der Waals surface area contributed by atoms with Gasteiger partial charge in [-0.05, 0) is 30.7 Å². The maximum absolute atomic E-state index is 12.6. The lowest BCUT2D eigenvalue weighted by atomic mass is 10.2. The molecule has 3 aromatic rings. The number of carbonyl (C=O) groups is 1. The SMILES string of the molecule is COc1ccc(OC)c(COC(=O)c2c(C)nn(Cc3ccccc3)c2Cl)c1. The lowest BCUT2D eigenvalue weighted by Crippen LogP contribution is -2.08. The molecule has 1 heterocycles. The Morgan fingerprint density at radius 2 is 1.86 bits per heavy atom. The van der Waals surface area contributed by atoms with Gasteiger partial charge in [0.2, 0.25) is 0 Å². The third kappa shape index (κ3) is 4.28. The molecule has 0 unspecified atom stereocenters. The van der Waals surface area contributed by atoms with E-state index in [0.29, 0.717) is 29.3 Å². The maximum atomic E-state index is 12.6. The standard InChI is InChI=1S/C21H21ClN2O4/c1-14-19(20(22)24(23-14)12-15-7-5-4-6-8-15)21(25)28-13-16-11-17(26-2)9-10-18(16)27-3/h4-11H,12-13H2,1-3H3. The molecule has 0 aliphatic carbocycles. The summed E-state index contributed by atoms with van der Waals surface area (Å²) in [4.78, 5) is 12.6. The summed E-state index contributed by atoms with van der Waals surface area (Å²) in [5.41, 5.74) is 2.51. The van der Waals surface area contributed by atoms with Gasteiger partial charge in [-0.2, -0.15) is 5.10 Å². The van der Waals surface area contributed by atoms with Crippen molar-refractivity contribution >= 4 is 17.6 Å². The van der Waals surface area contributed by atoms with Gasteiger partial charge in [0.15, 0.2) is 0 Å². The molecule has 0 spiro atoms. The fourth-order valence-electron chi connectivity index (χ4n) is 2.86. The molecule has 0 saturated carbocycles. The number of esters is 1. The van der Waals surface area contributed by atoms with Gasteiger partial charge in [0.05, 0.1) is 26.5 Å². The molecule has 0 N–H and O–H groups in total. The predicted octanol–water partition coefficient (Wildman–Crippen LogP) is 4.27. The molecule has 0 fully saturated rings. The van der Waals surface area contributed by atoms with E-state index >= 15 is 0 Å². The summed E-state index contributed by atoms with van der Waals surface area (Å²) in [6, 6.07) is 15.1. The topological polar surface area (TPSA) is 62.6 Å². The van der Waals surface area contributed by atoms with E-state index in [-0.39, 0.29) is 17.3 Å². The second-order valence-electron chi connectivity index (χ2n) is 6.15. The van der Waals surface area contributed by atoms with E-state index in [9.17, 15) is 4.79 Å². The molecule has 0 aliphatic heterocycles. The van der Waals surface area contributed by atoms with Gasteiger partial charge in [0.25, 0.3) is 0 Å². The molecular weight excluding hydrogens is 380 g/mol. The van der Waals surface area contributed by atoms with Gasteiger partial charge in [0, 0.05) is 5.56 Å². The van der Waals surface area contributed by atoms with E-state index < -0.39 is 5.97 Å². The van der Waals surface area contributed by atoms with Crippen molar-refractivity contribution in [3.05, 3.63) is 76.1 Å². The number of carbonyl (C=O) groups excluding carboxylic acids is 1. The highest BCUT2D eigenvalue weighted by atomic mass is 35.5. The molecule has 28 heavy (non-hydrogen) atoms. The summed E-state index contributed by atoms with van der Waals surface area (Å²) in [7, 11) is 3.13. The van der Waals surface area contributed by atoms with E-state index in [0.717, 1.165) is 5.56 Å². The molecule has 0 radical (unpaired) electrons. The van der Waals surface area contributed by atoms with Crippen molar-refractivity contribution < 1.29 is 19.0 Å². The predicted molar refractivity (Wildman–Crippen MR) is 106 cm³/mol. The maximum Gasteiger partial charge on any atom is 0.343 e. The first-order chi connectivity index (χ1) is 13.5. The summed E-state index contributed by atoms with van der Waals surface area (Å²) < 4.78 is 17.6. The zero-order valence-corrected chi connectivity index (χ0v) is 16.7. The van der Waals surface area contributed by atoms with E-state index in [1.165, 1.54) is 0 Å². The number of hydrogen-bond acceptors (Lipinski definition) is 5. The third-order valence-corrected chi connectivity index (χ3v) is 4.68. The van der Waals surface area contributed by atoms with Crippen LogP contribution in [-0.2, 0) is 17.9 Å². The van der Waals surface area contributed by atoms with E-state index in [4.69, 9.17) is 25.8 Å². The van der Waals surface area contributed by atoms with Crippen molar-refractivity contribution in [2.24, 2.45) is 0 Å². The lowest BCUT2D eigenvalue weighted by molar-refractivity contribution is 0.0469. The molecule has 0 aliphatic rings. The van der Waals surface area contributed by atoms with Crippen LogP contribution in [-0.4, -0.2) is 30.0 Å². The van der Waals surface area contributed by atoms with Crippen LogP contribution in [0.2, 0.25) is 5.15 Å². The molecule has 0 bridgehead atoms. The fourth-order valence-corrected chi connectivity index (χ4v) is 3.17. The molecule has 2 aromatic carbocycles. The molecule has 0 atom stereocenters.